The van der Waals surface area contributed by atoms with E-state index in [4.69, 9.17) is 14.3 Å². The quantitative estimate of drug-likeness (QED) is 0.862. The molecule has 0 aliphatic rings. The Bertz CT molecular complexity index is 604. The Morgan fingerprint density at radius 3 is 2.89 bits per heavy atom. The van der Waals surface area contributed by atoms with Crippen LogP contribution in [0.5, 0.6) is 0 Å². The Labute approximate surface area is 110 Å². The fourth-order valence-electron chi connectivity index (χ4n) is 1.49. The Morgan fingerprint density at radius 1 is 1.53 bits per heavy atom. The Hall–Kier alpha value is -2.08. The third kappa shape index (κ3) is 3.03. The van der Waals surface area contributed by atoms with Gasteiger partial charge in [0, 0.05) is 13.7 Å². The number of anilines is 1. The highest BCUT2D eigenvalue weighted by molar-refractivity contribution is 5.92. The number of carbonyl (C=O) groups is 1. The number of carboxylic acids is 1. The first-order valence-corrected chi connectivity index (χ1v) is 5.84. The fraction of sp³-hybridized carbons (Fsp3) is 0.385. The van der Waals surface area contributed by atoms with Crippen LogP contribution in [0.1, 0.15) is 24.2 Å². The minimum atomic E-state index is -0.992. The second-order valence-corrected chi connectivity index (χ2v) is 4.82. The molecule has 0 aliphatic carbocycles. The maximum absolute atomic E-state index is 10.9. The summed E-state index contributed by atoms with van der Waals surface area (Å²) in [6.07, 6.45) is 0. The van der Waals surface area contributed by atoms with Crippen molar-refractivity contribution in [3.63, 3.8) is 0 Å². The van der Waals surface area contributed by atoms with E-state index in [1.807, 2.05) is 13.8 Å². The fourth-order valence-corrected chi connectivity index (χ4v) is 1.49. The van der Waals surface area contributed by atoms with E-state index in [0.29, 0.717) is 23.7 Å². The zero-order chi connectivity index (χ0) is 14.0. The van der Waals surface area contributed by atoms with Crippen molar-refractivity contribution in [1.82, 2.24) is 4.98 Å². The molecule has 0 amide bonds. The van der Waals surface area contributed by atoms with Crippen LogP contribution in [0.2, 0.25) is 0 Å². The third-order valence-corrected chi connectivity index (χ3v) is 2.85. The summed E-state index contributed by atoms with van der Waals surface area (Å²) >= 11 is 0. The molecule has 0 atom stereocenters. The van der Waals surface area contributed by atoms with Crippen molar-refractivity contribution in [2.45, 2.75) is 19.4 Å². The van der Waals surface area contributed by atoms with Gasteiger partial charge in [-0.25, -0.2) is 4.79 Å². The van der Waals surface area contributed by atoms with Crippen molar-refractivity contribution in [2.75, 3.05) is 19.0 Å². The molecule has 6 nitrogen and oxygen atoms in total. The minimum Gasteiger partial charge on any atom is -0.478 e. The molecule has 1 aromatic carbocycles. The smallest absolute Gasteiger partial charge is 0.335 e. The number of fused-ring (bicyclic) bond motifs is 1. The average Bonchev–Trinajstić information content (AvgIpc) is 2.78. The molecule has 0 unspecified atom stereocenters. The number of ether oxygens (including phenoxy) is 1. The lowest BCUT2D eigenvalue weighted by Gasteiger charge is -2.22. The molecule has 0 saturated carbocycles. The predicted octanol–water partition coefficient (Wildman–Crippen LogP) is 2.36. The molecule has 2 N–H and O–H groups in total. The average molecular weight is 264 g/mol. The van der Waals surface area contributed by atoms with Crippen LogP contribution in [-0.4, -0.2) is 35.3 Å². The maximum Gasteiger partial charge on any atom is 0.335 e. The number of carboxylic acid groups (broad SMARTS) is 1. The highest BCUT2D eigenvalue weighted by atomic mass is 16.5. The van der Waals surface area contributed by atoms with Crippen molar-refractivity contribution < 1.29 is 19.1 Å². The van der Waals surface area contributed by atoms with Crippen LogP contribution < -0.4 is 5.32 Å². The molecular weight excluding hydrogens is 248 g/mol. The highest BCUT2D eigenvalue weighted by Gasteiger charge is 2.17. The van der Waals surface area contributed by atoms with Crippen LogP contribution in [0.15, 0.2) is 22.6 Å². The molecular formula is C13H16N2O4. The summed E-state index contributed by atoms with van der Waals surface area (Å²) in [5.41, 5.74) is 0.889. The first kappa shape index (κ1) is 13.4. The third-order valence-electron chi connectivity index (χ3n) is 2.85. The number of methoxy groups -OCH3 is 1. The van der Waals surface area contributed by atoms with Crippen LogP contribution in [0.25, 0.3) is 11.1 Å². The molecule has 1 heterocycles. The molecule has 2 rings (SSSR count). The number of aromatic carboxylic acids is 1. The molecule has 102 valence electrons. The lowest BCUT2D eigenvalue weighted by atomic mass is 10.1. The monoisotopic (exact) mass is 264 g/mol. The molecule has 0 fully saturated rings. The lowest BCUT2D eigenvalue weighted by molar-refractivity contribution is 0.0340. The van der Waals surface area contributed by atoms with E-state index >= 15 is 0 Å². The number of benzene rings is 1. The van der Waals surface area contributed by atoms with Crippen molar-refractivity contribution in [1.29, 1.82) is 0 Å². The number of hydrogen-bond donors (Lipinski definition) is 2. The van der Waals surface area contributed by atoms with Crippen LogP contribution in [0, 0.1) is 0 Å². The normalized spacial score (nSPS) is 11.7. The topological polar surface area (TPSA) is 84.6 Å². The van der Waals surface area contributed by atoms with Gasteiger partial charge in [-0.15, -0.1) is 0 Å². The largest absolute Gasteiger partial charge is 0.478 e. The van der Waals surface area contributed by atoms with Gasteiger partial charge in [0.1, 0.15) is 5.52 Å². The van der Waals surface area contributed by atoms with E-state index < -0.39 is 5.97 Å². The minimum absolute atomic E-state index is 0.174. The zero-order valence-electron chi connectivity index (χ0n) is 11.1. The molecule has 0 spiro atoms. The Morgan fingerprint density at radius 2 is 2.26 bits per heavy atom. The first-order valence-electron chi connectivity index (χ1n) is 5.84. The summed E-state index contributed by atoms with van der Waals surface area (Å²) in [4.78, 5) is 15.1. The van der Waals surface area contributed by atoms with Gasteiger partial charge in [0.15, 0.2) is 5.58 Å². The van der Waals surface area contributed by atoms with E-state index in [1.165, 1.54) is 12.1 Å². The lowest BCUT2D eigenvalue weighted by Crippen LogP contribution is -2.32. The number of rotatable bonds is 5. The number of nitrogens with zero attached hydrogens (tertiary/aromatic N) is 1. The van der Waals surface area contributed by atoms with Crippen LogP contribution >= 0.6 is 0 Å². The number of oxazole rings is 1. The molecule has 19 heavy (non-hydrogen) atoms. The number of nitrogens with one attached hydrogen (secondary N) is 1. The second-order valence-electron chi connectivity index (χ2n) is 4.82. The standard InChI is InChI=1S/C13H16N2O4/c1-13(2,18-3)7-14-12-15-9-5-4-8(11(16)17)6-10(9)19-12/h4-6H,7H2,1-3H3,(H,14,15)(H,16,17). The van der Waals surface area contributed by atoms with Crippen molar-refractivity contribution in [2.24, 2.45) is 0 Å². The number of aromatic nitrogens is 1. The van der Waals surface area contributed by atoms with E-state index in [-0.39, 0.29) is 11.2 Å². The summed E-state index contributed by atoms with van der Waals surface area (Å²) in [6, 6.07) is 4.92. The van der Waals surface area contributed by atoms with Gasteiger partial charge in [-0.05, 0) is 32.0 Å². The van der Waals surface area contributed by atoms with Gasteiger partial charge in [0.05, 0.1) is 11.2 Å². The SMILES string of the molecule is COC(C)(C)CNc1nc2ccc(C(=O)O)cc2o1. The Balaban J connectivity index is 2.20. The van der Waals surface area contributed by atoms with Crippen molar-refractivity contribution in [3.8, 4) is 0 Å². The van der Waals surface area contributed by atoms with Crippen molar-refractivity contribution in [3.05, 3.63) is 23.8 Å². The molecule has 0 saturated heterocycles. The van der Waals surface area contributed by atoms with Gasteiger partial charge in [-0.3, -0.25) is 0 Å². The van der Waals surface area contributed by atoms with Gasteiger partial charge in [-0.1, -0.05) is 0 Å². The van der Waals surface area contributed by atoms with Gasteiger partial charge in [0.2, 0.25) is 0 Å². The zero-order valence-corrected chi connectivity index (χ0v) is 11.1. The van der Waals surface area contributed by atoms with Crippen LogP contribution in [0.3, 0.4) is 0 Å². The molecule has 1 aromatic heterocycles. The summed E-state index contributed by atoms with van der Waals surface area (Å²) < 4.78 is 10.7. The molecule has 0 bridgehead atoms. The van der Waals surface area contributed by atoms with Gasteiger partial charge >= 0.3 is 5.97 Å². The molecule has 2 aromatic rings. The predicted molar refractivity (Wildman–Crippen MR) is 70.5 cm³/mol. The highest BCUT2D eigenvalue weighted by Crippen LogP contribution is 2.21. The summed E-state index contributed by atoms with van der Waals surface area (Å²) in [6.45, 7) is 4.40. The van der Waals surface area contributed by atoms with E-state index in [1.54, 1.807) is 13.2 Å². The van der Waals surface area contributed by atoms with Crippen molar-refractivity contribution >= 4 is 23.1 Å². The first-order chi connectivity index (χ1) is 8.91. The molecule has 0 aliphatic heterocycles. The van der Waals surface area contributed by atoms with E-state index in [0.717, 1.165) is 0 Å². The van der Waals surface area contributed by atoms with E-state index in [9.17, 15) is 4.79 Å². The second kappa shape index (κ2) is 4.89. The summed E-state index contributed by atoms with van der Waals surface area (Å²) in [7, 11) is 1.63. The van der Waals surface area contributed by atoms with Crippen LogP contribution in [0.4, 0.5) is 6.01 Å². The Kier molecular flexibility index (Phi) is 3.44. The van der Waals surface area contributed by atoms with Gasteiger partial charge < -0.3 is 19.6 Å². The van der Waals surface area contributed by atoms with Crippen LogP contribution in [-0.2, 0) is 4.74 Å². The molecule has 0 radical (unpaired) electrons. The van der Waals surface area contributed by atoms with E-state index in [2.05, 4.69) is 10.3 Å². The maximum atomic E-state index is 10.9. The summed E-state index contributed by atoms with van der Waals surface area (Å²) in [5, 5.41) is 11.9. The summed E-state index contributed by atoms with van der Waals surface area (Å²) in [5.74, 6) is -0.992. The molecule has 6 heteroatoms. The number of hydrogen-bond acceptors (Lipinski definition) is 5. The van der Waals surface area contributed by atoms with Gasteiger partial charge in [-0.2, -0.15) is 4.98 Å². The van der Waals surface area contributed by atoms with Gasteiger partial charge in [0.25, 0.3) is 6.01 Å².